The van der Waals surface area contributed by atoms with E-state index in [1.54, 1.807) is 6.21 Å². The van der Waals surface area contributed by atoms with Crippen molar-refractivity contribution in [1.82, 2.24) is 5.43 Å². The summed E-state index contributed by atoms with van der Waals surface area (Å²) in [5.41, 5.74) is 5.86. The molecule has 0 aromatic heterocycles. The number of nitrogens with one attached hydrogen (secondary N) is 1. The molecular weight excluding hydrogens is 312 g/mol. The lowest BCUT2D eigenvalue weighted by Gasteiger charge is -2.22. The maximum Gasteiger partial charge on any atom is 0.243 e. The third-order valence-electron chi connectivity index (χ3n) is 4.76. The van der Waals surface area contributed by atoms with Gasteiger partial charge in [-0.25, -0.2) is 5.43 Å². The van der Waals surface area contributed by atoms with E-state index < -0.39 is 0 Å². The molecule has 126 valence electrons. The Balaban J connectivity index is 1.37. The van der Waals surface area contributed by atoms with Crippen molar-refractivity contribution in [3.63, 3.8) is 0 Å². The molecule has 0 spiro atoms. The molecule has 0 saturated heterocycles. The van der Waals surface area contributed by atoms with E-state index in [0.29, 0.717) is 5.92 Å². The van der Waals surface area contributed by atoms with Gasteiger partial charge in [0.05, 0.1) is 6.21 Å². The molecule has 3 atom stereocenters. The maximum atomic E-state index is 12.2. The molecule has 4 rings (SSSR count). The van der Waals surface area contributed by atoms with Crippen LogP contribution in [-0.4, -0.2) is 18.2 Å². The van der Waals surface area contributed by atoms with E-state index in [0.717, 1.165) is 23.3 Å². The van der Waals surface area contributed by atoms with E-state index >= 15 is 0 Å². The zero-order valence-corrected chi connectivity index (χ0v) is 14.1. The average molecular weight is 332 g/mol. The van der Waals surface area contributed by atoms with Gasteiger partial charge in [-0.3, -0.25) is 4.79 Å². The molecule has 1 N–H and O–H groups in total. The third kappa shape index (κ3) is 3.33. The molecular formula is C21H20N2O2. The second-order valence-electron chi connectivity index (χ2n) is 6.54. The highest BCUT2D eigenvalue weighted by atomic mass is 16.5. The highest BCUT2D eigenvalue weighted by Crippen LogP contribution is 2.47. The lowest BCUT2D eigenvalue weighted by atomic mass is 10.0. The van der Waals surface area contributed by atoms with Gasteiger partial charge in [0.1, 0.15) is 11.9 Å². The molecule has 1 amide bonds. The van der Waals surface area contributed by atoms with E-state index in [-0.39, 0.29) is 17.9 Å². The molecule has 2 aromatic rings. The predicted octanol–water partition coefficient (Wildman–Crippen LogP) is 3.76. The summed E-state index contributed by atoms with van der Waals surface area (Å²) in [5, 5.41) is 4.13. The van der Waals surface area contributed by atoms with Crippen LogP contribution < -0.4 is 10.2 Å². The van der Waals surface area contributed by atoms with Crippen LogP contribution in [0.5, 0.6) is 5.75 Å². The molecule has 4 nitrogen and oxygen atoms in total. The second-order valence-corrected chi connectivity index (χ2v) is 6.54. The van der Waals surface area contributed by atoms with Gasteiger partial charge < -0.3 is 4.74 Å². The number of nitrogens with zero attached hydrogens (tertiary/aromatic N) is 1. The smallest absolute Gasteiger partial charge is 0.243 e. The number of carbonyl (C=O) groups is 1. The Morgan fingerprint density at radius 3 is 2.76 bits per heavy atom. The number of carbonyl (C=O) groups excluding carboxylic acids is 1. The Morgan fingerprint density at radius 1 is 1.16 bits per heavy atom. The van der Waals surface area contributed by atoms with Crippen molar-refractivity contribution in [2.45, 2.75) is 25.4 Å². The highest BCUT2D eigenvalue weighted by Gasteiger charge is 2.43. The summed E-state index contributed by atoms with van der Waals surface area (Å²) < 4.78 is 5.86. The SMILES string of the molecule is CC1Oc2ccccc2C=C1C=NNC(=O)C1CC1c1ccccc1. The number of ether oxygens (including phenoxy) is 1. The van der Waals surface area contributed by atoms with Crippen LogP contribution >= 0.6 is 0 Å². The quantitative estimate of drug-likeness (QED) is 0.685. The van der Waals surface area contributed by atoms with Crippen molar-refractivity contribution in [2.75, 3.05) is 0 Å². The van der Waals surface area contributed by atoms with E-state index in [2.05, 4.69) is 22.7 Å². The number of amides is 1. The number of para-hydroxylation sites is 1. The summed E-state index contributed by atoms with van der Waals surface area (Å²) in [6.45, 7) is 1.97. The van der Waals surface area contributed by atoms with Crippen molar-refractivity contribution in [3.8, 4) is 5.75 Å². The first-order valence-electron chi connectivity index (χ1n) is 8.57. The van der Waals surface area contributed by atoms with Gasteiger partial charge in [0.2, 0.25) is 5.91 Å². The van der Waals surface area contributed by atoms with E-state index in [9.17, 15) is 4.79 Å². The monoisotopic (exact) mass is 332 g/mol. The number of hydrogen-bond acceptors (Lipinski definition) is 3. The third-order valence-corrected chi connectivity index (χ3v) is 4.76. The maximum absolute atomic E-state index is 12.2. The molecule has 1 aliphatic heterocycles. The summed E-state index contributed by atoms with van der Waals surface area (Å²) in [6, 6.07) is 18.0. The van der Waals surface area contributed by atoms with Gasteiger partial charge in [-0.05, 0) is 37.0 Å². The molecule has 0 radical (unpaired) electrons. The van der Waals surface area contributed by atoms with Gasteiger partial charge in [-0.2, -0.15) is 5.10 Å². The zero-order valence-electron chi connectivity index (χ0n) is 14.1. The van der Waals surface area contributed by atoms with Crippen LogP contribution in [0.2, 0.25) is 0 Å². The van der Waals surface area contributed by atoms with Crippen molar-refractivity contribution >= 4 is 18.2 Å². The fourth-order valence-electron chi connectivity index (χ4n) is 3.21. The van der Waals surface area contributed by atoms with E-state index in [1.165, 1.54) is 5.56 Å². The molecule has 1 heterocycles. The van der Waals surface area contributed by atoms with Gasteiger partial charge >= 0.3 is 0 Å². The minimum absolute atomic E-state index is 0.0181. The lowest BCUT2D eigenvalue weighted by Crippen LogP contribution is -2.23. The molecule has 1 saturated carbocycles. The molecule has 4 heteroatoms. The normalized spacial score (nSPS) is 24.2. The molecule has 1 aliphatic carbocycles. The Bertz CT molecular complexity index is 842. The standard InChI is InChI=1S/C21H20N2O2/c1-14-17(11-16-9-5-6-10-20(16)25-14)13-22-23-21(24)19-12-18(19)15-7-3-2-4-8-15/h2-11,13-14,18-19H,12H2,1H3,(H,23,24). The molecule has 0 bridgehead atoms. The minimum Gasteiger partial charge on any atom is -0.485 e. The molecule has 25 heavy (non-hydrogen) atoms. The van der Waals surface area contributed by atoms with E-state index in [4.69, 9.17) is 4.74 Å². The van der Waals surface area contributed by atoms with Crippen LogP contribution in [0.3, 0.4) is 0 Å². The van der Waals surface area contributed by atoms with Gasteiger partial charge in [0, 0.05) is 17.1 Å². The highest BCUT2D eigenvalue weighted by molar-refractivity contribution is 5.90. The van der Waals surface area contributed by atoms with Gasteiger partial charge in [-0.15, -0.1) is 0 Å². The van der Waals surface area contributed by atoms with Crippen molar-refractivity contribution < 1.29 is 9.53 Å². The van der Waals surface area contributed by atoms with Crippen molar-refractivity contribution in [3.05, 3.63) is 71.3 Å². The predicted molar refractivity (Wildman–Crippen MR) is 98.4 cm³/mol. The van der Waals surface area contributed by atoms with Crippen molar-refractivity contribution in [2.24, 2.45) is 11.0 Å². The van der Waals surface area contributed by atoms with E-state index in [1.807, 2.05) is 55.5 Å². The van der Waals surface area contributed by atoms with Crippen LogP contribution in [0.25, 0.3) is 6.08 Å². The van der Waals surface area contributed by atoms with Crippen LogP contribution in [0.4, 0.5) is 0 Å². The zero-order chi connectivity index (χ0) is 17.2. The lowest BCUT2D eigenvalue weighted by molar-refractivity contribution is -0.122. The number of hydrogen-bond donors (Lipinski definition) is 1. The fourth-order valence-corrected chi connectivity index (χ4v) is 3.21. The summed E-state index contributed by atoms with van der Waals surface area (Å²) >= 11 is 0. The van der Waals surface area contributed by atoms with Crippen LogP contribution in [0.1, 0.15) is 30.4 Å². The van der Waals surface area contributed by atoms with Crippen LogP contribution in [0.15, 0.2) is 65.3 Å². The van der Waals surface area contributed by atoms with Gasteiger partial charge in [0.25, 0.3) is 0 Å². The largest absolute Gasteiger partial charge is 0.485 e. The topological polar surface area (TPSA) is 50.7 Å². The average Bonchev–Trinajstić information content (AvgIpc) is 3.44. The molecule has 2 aromatic carbocycles. The number of hydrazone groups is 1. The summed E-state index contributed by atoms with van der Waals surface area (Å²) in [5.74, 6) is 1.20. The molecule has 1 fully saturated rings. The molecule has 3 unspecified atom stereocenters. The van der Waals surface area contributed by atoms with Gasteiger partial charge in [-0.1, -0.05) is 48.5 Å². The summed E-state index contributed by atoms with van der Waals surface area (Å²) in [7, 11) is 0. The first-order valence-corrected chi connectivity index (χ1v) is 8.57. The number of rotatable bonds is 4. The summed E-state index contributed by atoms with van der Waals surface area (Å²) in [4.78, 5) is 12.2. The number of fused-ring (bicyclic) bond motifs is 1. The number of benzene rings is 2. The fraction of sp³-hybridized carbons (Fsp3) is 0.238. The van der Waals surface area contributed by atoms with Gasteiger partial charge in [0.15, 0.2) is 0 Å². The molecule has 2 aliphatic rings. The Kier molecular flexibility index (Phi) is 4.10. The minimum atomic E-state index is -0.0893. The first kappa shape index (κ1) is 15.6. The Hall–Kier alpha value is -2.88. The second kappa shape index (κ2) is 6.55. The summed E-state index contributed by atoms with van der Waals surface area (Å²) in [6.07, 6.45) is 4.52. The first-order chi connectivity index (χ1) is 12.2. The Morgan fingerprint density at radius 2 is 1.92 bits per heavy atom. The van der Waals surface area contributed by atoms with Crippen LogP contribution in [-0.2, 0) is 4.79 Å². The van der Waals surface area contributed by atoms with Crippen molar-refractivity contribution in [1.29, 1.82) is 0 Å². The van der Waals surface area contributed by atoms with Crippen LogP contribution in [0, 0.1) is 5.92 Å². The Labute approximate surface area is 147 Å².